The number of pyridine rings is 2. The Kier molecular flexibility index (Phi) is 6.81. The first-order chi connectivity index (χ1) is 16.8. The van der Waals surface area contributed by atoms with Crippen molar-refractivity contribution in [1.29, 1.82) is 0 Å². The van der Waals surface area contributed by atoms with Gasteiger partial charge in [0.25, 0.3) is 11.8 Å². The Hall–Kier alpha value is -4.21. The van der Waals surface area contributed by atoms with Gasteiger partial charge in [-0.3, -0.25) is 4.79 Å². The Morgan fingerprint density at radius 3 is 2.46 bits per heavy atom. The van der Waals surface area contributed by atoms with Crippen LogP contribution in [0.5, 0.6) is 11.6 Å². The second-order valence-corrected chi connectivity index (χ2v) is 8.52. The van der Waals surface area contributed by atoms with Crippen molar-refractivity contribution in [2.24, 2.45) is 0 Å². The van der Waals surface area contributed by atoms with E-state index in [1.54, 1.807) is 49.3 Å². The van der Waals surface area contributed by atoms with E-state index in [1.165, 1.54) is 0 Å². The van der Waals surface area contributed by atoms with Crippen LogP contribution in [-0.4, -0.2) is 61.7 Å². The molecule has 0 aliphatic carbocycles. The average Bonchev–Trinajstić information content (AvgIpc) is 3.24. The fourth-order valence-corrected chi connectivity index (χ4v) is 3.92. The summed E-state index contributed by atoms with van der Waals surface area (Å²) in [5.41, 5.74) is 2.51. The third-order valence-electron chi connectivity index (χ3n) is 5.42. The maximum absolute atomic E-state index is 13.0. The molecule has 0 aliphatic rings. The van der Waals surface area contributed by atoms with E-state index in [2.05, 4.69) is 25.4 Å². The number of ether oxygens (including phenoxy) is 2. The number of fused-ring (bicyclic) bond motifs is 1. The van der Waals surface area contributed by atoms with Gasteiger partial charge in [-0.05, 0) is 58.0 Å². The van der Waals surface area contributed by atoms with Crippen LogP contribution in [0.3, 0.4) is 0 Å². The lowest BCUT2D eigenvalue weighted by Gasteiger charge is -2.30. The van der Waals surface area contributed by atoms with Gasteiger partial charge in [0.05, 0.1) is 26.1 Å². The lowest BCUT2D eigenvalue weighted by molar-refractivity contribution is 0.0637. The Morgan fingerprint density at radius 2 is 1.77 bits per heavy atom. The molecule has 0 fully saturated rings. The van der Waals surface area contributed by atoms with Crippen LogP contribution in [0.1, 0.15) is 38.2 Å². The number of aromatic nitrogens is 5. The molecule has 4 rings (SSSR count). The van der Waals surface area contributed by atoms with Gasteiger partial charge in [0.1, 0.15) is 11.5 Å². The summed E-state index contributed by atoms with van der Waals surface area (Å²) in [7, 11) is 3.10. The van der Waals surface area contributed by atoms with Crippen molar-refractivity contribution in [3.8, 4) is 22.9 Å². The van der Waals surface area contributed by atoms with E-state index >= 15 is 0 Å². The standard InChI is InChI=1S/C25H29N7O3/c1-15(2)32(16(3)4)25(33)19-8-7-9-21(27-19)28-22-14-31-23(29-22)11-10-18(30-31)17-12-20(34-5)24(35-6)26-13-17/h7-16H,1-6H3,(H,27,28). The first-order valence-electron chi connectivity index (χ1n) is 11.3. The van der Waals surface area contributed by atoms with Crippen molar-refractivity contribution in [2.75, 3.05) is 19.5 Å². The summed E-state index contributed by atoms with van der Waals surface area (Å²) in [6.45, 7) is 7.98. The lowest BCUT2D eigenvalue weighted by atomic mass is 10.2. The van der Waals surface area contributed by atoms with Gasteiger partial charge in [-0.2, -0.15) is 5.10 Å². The van der Waals surface area contributed by atoms with Gasteiger partial charge in [-0.1, -0.05) is 6.07 Å². The first-order valence-corrected chi connectivity index (χ1v) is 11.3. The molecule has 1 amide bonds. The molecule has 0 radical (unpaired) electrons. The van der Waals surface area contributed by atoms with Crippen molar-refractivity contribution in [1.82, 2.24) is 29.5 Å². The fourth-order valence-electron chi connectivity index (χ4n) is 3.92. The van der Waals surface area contributed by atoms with Crippen molar-refractivity contribution in [3.05, 3.63) is 54.5 Å². The van der Waals surface area contributed by atoms with Gasteiger partial charge in [-0.15, -0.1) is 0 Å². The number of imidazole rings is 1. The van der Waals surface area contributed by atoms with E-state index in [0.717, 1.165) is 5.56 Å². The van der Waals surface area contributed by atoms with Crippen LogP contribution in [0.15, 0.2) is 48.8 Å². The Bertz CT molecular complexity index is 1340. The number of carbonyl (C=O) groups is 1. The molecule has 4 aromatic rings. The molecule has 0 spiro atoms. The number of anilines is 2. The van der Waals surface area contributed by atoms with Crippen LogP contribution < -0.4 is 14.8 Å². The highest BCUT2D eigenvalue weighted by molar-refractivity contribution is 5.93. The third-order valence-corrected chi connectivity index (χ3v) is 5.42. The molecule has 10 heteroatoms. The number of hydrogen-bond acceptors (Lipinski definition) is 8. The summed E-state index contributed by atoms with van der Waals surface area (Å²) >= 11 is 0. The number of nitrogens with one attached hydrogen (secondary N) is 1. The molecular weight excluding hydrogens is 446 g/mol. The molecule has 0 aliphatic heterocycles. The number of carbonyl (C=O) groups excluding carboxylic acids is 1. The Morgan fingerprint density at radius 1 is 1.00 bits per heavy atom. The monoisotopic (exact) mass is 475 g/mol. The van der Waals surface area contributed by atoms with Crippen molar-refractivity contribution in [3.63, 3.8) is 0 Å². The normalized spacial score (nSPS) is 11.2. The highest BCUT2D eigenvalue weighted by atomic mass is 16.5. The highest BCUT2D eigenvalue weighted by Crippen LogP contribution is 2.29. The van der Waals surface area contributed by atoms with E-state index in [9.17, 15) is 4.79 Å². The molecule has 0 saturated carbocycles. The number of amides is 1. The van der Waals surface area contributed by atoms with Crippen LogP contribution in [0.2, 0.25) is 0 Å². The quantitative estimate of drug-likeness (QED) is 0.404. The number of methoxy groups -OCH3 is 2. The van der Waals surface area contributed by atoms with Gasteiger partial charge >= 0.3 is 0 Å². The second kappa shape index (κ2) is 9.96. The molecule has 4 heterocycles. The largest absolute Gasteiger partial charge is 0.491 e. The van der Waals surface area contributed by atoms with Crippen molar-refractivity contribution in [2.45, 2.75) is 39.8 Å². The number of hydrogen-bond donors (Lipinski definition) is 1. The zero-order valence-corrected chi connectivity index (χ0v) is 20.7. The number of nitrogens with zero attached hydrogens (tertiary/aromatic N) is 6. The molecule has 10 nitrogen and oxygen atoms in total. The highest BCUT2D eigenvalue weighted by Gasteiger charge is 2.23. The van der Waals surface area contributed by atoms with Crippen LogP contribution in [-0.2, 0) is 0 Å². The molecule has 0 atom stereocenters. The average molecular weight is 476 g/mol. The predicted molar refractivity (Wildman–Crippen MR) is 133 cm³/mol. The van der Waals surface area contributed by atoms with E-state index < -0.39 is 0 Å². The van der Waals surface area contributed by atoms with Crippen LogP contribution in [0, 0.1) is 0 Å². The molecule has 35 heavy (non-hydrogen) atoms. The van der Waals surface area contributed by atoms with E-state index in [0.29, 0.717) is 40.3 Å². The van der Waals surface area contributed by atoms with Gasteiger partial charge in [0, 0.05) is 23.8 Å². The molecule has 0 bridgehead atoms. The Balaban J connectivity index is 1.58. The zero-order chi connectivity index (χ0) is 25.1. The topological polar surface area (TPSA) is 107 Å². The Labute approximate surface area is 203 Å². The maximum atomic E-state index is 13.0. The summed E-state index contributed by atoms with van der Waals surface area (Å²) < 4.78 is 12.2. The molecule has 0 unspecified atom stereocenters. The molecule has 182 valence electrons. The lowest BCUT2D eigenvalue weighted by Crippen LogP contribution is -2.42. The summed E-state index contributed by atoms with van der Waals surface area (Å²) in [5, 5.41) is 7.82. The van der Waals surface area contributed by atoms with E-state index in [4.69, 9.17) is 9.47 Å². The van der Waals surface area contributed by atoms with Crippen molar-refractivity contribution < 1.29 is 14.3 Å². The van der Waals surface area contributed by atoms with Gasteiger partial charge in [0.2, 0.25) is 0 Å². The first kappa shape index (κ1) is 23.9. The minimum absolute atomic E-state index is 0.0699. The minimum Gasteiger partial charge on any atom is -0.491 e. The summed E-state index contributed by atoms with van der Waals surface area (Å²) in [4.78, 5) is 28.2. The van der Waals surface area contributed by atoms with E-state index in [1.807, 2.05) is 50.8 Å². The summed E-state index contributed by atoms with van der Waals surface area (Å²) in [6.07, 6.45) is 3.44. The molecule has 1 N–H and O–H groups in total. The van der Waals surface area contributed by atoms with Crippen molar-refractivity contribution >= 4 is 23.2 Å². The fraction of sp³-hybridized carbons (Fsp3) is 0.320. The van der Waals surface area contributed by atoms with Gasteiger partial charge < -0.3 is 19.7 Å². The maximum Gasteiger partial charge on any atom is 0.272 e. The molecule has 0 saturated heterocycles. The smallest absolute Gasteiger partial charge is 0.272 e. The van der Waals surface area contributed by atoms with E-state index in [-0.39, 0.29) is 18.0 Å². The number of rotatable bonds is 8. The third kappa shape index (κ3) is 5.01. The van der Waals surface area contributed by atoms with Gasteiger partial charge in [-0.25, -0.2) is 19.5 Å². The SMILES string of the molecule is COc1cc(-c2ccc3nc(Nc4cccc(C(=O)N(C(C)C)C(C)C)n4)cn3n2)cnc1OC. The molecule has 4 aromatic heterocycles. The minimum atomic E-state index is -0.108. The zero-order valence-electron chi connectivity index (χ0n) is 20.7. The van der Waals surface area contributed by atoms with Crippen LogP contribution in [0.25, 0.3) is 16.9 Å². The van der Waals surface area contributed by atoms with Crippen LogP contribution >= 0.6 is 0 Å². The summed E-state index contributed by atoms with van der Waals surface area (Å²) in [6, 6.07) is 11.0. The predicted octanol–water partition coefficient (Wildman–Crippen LogP) is 4.21. The molecular formula is C25H29N7O3. The second-order valence-electron chi connectivity index (χ2n) is 8.52. The van der Waals surface area contributed by atoms with Crippen LogP contribution in [0.4, 0.5) is 11.6 Å². The van der Waals surface area contributed by atoms with Gasteiger partial charge in [0.15, 0.2) is 17.2 Å². The molecule has 0 aromatic carbocycles. The summed E-state index contributed by atoms with van der Waals surface area (Å²) in [5.74, 6) is 1.90.